The van der Waals surface area contributed by atoms with E-state index < -0.39 is 47.1 Å². The SMILES string of the molecule is CCOC(=O)C12CC1C=CCCCCCC(NC(=O)OC(C)(C)C)C(=O)N1CC(=O)CC1C(=O)N2. The Morgan fingerprint density at radius 1 is 1.20 bits per heavy atom. The summed E-state index contributed by atoms with van der Waals surface area (Å²) < 4.78 is 10.5. The number of hydrogen-bond donors (Lipinski definition) is 2. The highest BCUT2D eigenvalue weighted by Gasteiger charge is 2.62. The third kappa shape index (κ3) is 6.61. The van der Waals surface area contributed by atoms with Crippen molar-refractivity contribution in [1.29, 1.82) is 0 Å². The van der Waals surface area contributed by atoms with Crippen LogP contribution in [0.15, 0.2) is 12.2 Å². The van der Waals surface area contributed by atoms with Gasteiger partial charge in [0.2, 0.25) is 11.8 Å². The molecular weight excluding hydrogens is 454 g/mol. The van der Waals surface area contributed by atoms with Gasteiger partial charge in [-0.05, 0) is 53.4 Å². The number of rotatable bonds is 3. The quantitative estimate of drug-likeness (QED) is 0.456. The topological polar surface area (TPSA) is 131 Å². The monoisotopic (exact) mass is 491 g/mol. The second kappa shape index (κ2) is 10.8. The van der Waals surface area contributed by atoms with Crippen molar-refractivity contribution in [3.05, 3.63) is 12.2 Å². The summed E-state index contributed by atoms with van der Waals surface area (Å²) in [4.78, 5) is 65.5. The van der Waals surface area contributed by atoms with Crippen LogP contribution in [0.3, 0.4) is 0 Å². The third-order valence-electron chi connectivity index (χ3n) is 6.45. The number of esters is 1. The molecule has 0 aromatic heterocycles. The van der Waals surface area contributed by atoms with Crippen LogP contribution in [0, 0.1) is 5.92 Å². The minimum absolute atomic E-state index is 0.143. The van der Waals surface area contributed by atoms with Crippen molar-refractivity contribution in [1.82, 2.24) is 15.5 Å². The molecule has 3 rings (SSSR count). The van der Waals surface area contributed by atoms with Gasteiger partial charge in [0, 0.05) is 12.3 Å². The van der Waals surface area contributed by atoms with Crippen LogP contribution >= 0.6 is 0 Å². The lowest BCUT2D eigenvalue weighted by Crippen LogP contribution is -2.56. The Balaban J connectivity index is 1.85. The van der Waals surface area contributed by atoms with E-state index in [4.69, 9.17) is 9.47 Å². The van der Waals surface area contributed by atoms with Crippen molar-refractivity contribution in [2.45, 2.75) is 95.9 Å². The van der Waals surface area contributed by atoms with E-state index >= 15 is 0 Å². The lowest BCUT2D eigenvalue weighted by Gasteiger charge is -2.30. The molecule has 4 unspecified atom stereocenters. The molecule has 10 heteroatoms. The molecular formula is C25H37N3O7. The fourth-order valence-electron chi connectivity index (χ4n) is 4.62. The number of ether oxygens (including phenoxy) is 2. The molecule has 0 radical (unpaired) electrons. The number of allylic oxidation sites excluding steroid dienone is 1. The minimum Gasteiger partial charge on any atom is -0.464 e. The summed E-state index contributed by atoms with van der Waals surface area (Å²) in [6, 6.07) is -1.99. The predicted octanol–water partition coefficient (Wildman–Crippen LogP) is 2.01. The van der Waals surface area contributed by atoms with E-state index in [1.54, 1.807) is 27.7 Å². The summed E-state index contributed by atoms with van der Waals surface area (Å²) in [5.41, 5.74) is -1.92. The molecule has 0 aromatic carbocycles. The van der Waals surface area contributed by atoms with Gasteiger partial charge in [0.05, 0.1) is 13.2 Å². The number of fused-ring (bicyclic) bond motifs is 2. The van der Waals surface area contributed by atoms with E-state index in [0.717, 1.165) is 19.3 Å². The Morgan fingerprint density at radius 2 is 1.94 bits per heavy atom. The van der Waals surface area contributed by atoms with E-state index in [0.29, 0.717) is 19.3 Å². The fraction of sp³-hybridized carbons (Fsp3) is 0.720. The predicted molar refractivity (Wildman–Crippen MR) is 126 cm³/mol. The average molecular weight is 492 g/mol. The maximum Gasteiger partial charge on any atom is 0.408 e. The molecule has 3 amide bonds. The molecule has 1 aliphatic carbocycles. The maximum absolute atomic E-state index is 13.5. The van der Waals surface area contributed by atoms with Crippen molar-refractivity contribution in [2.75, 3.05) is 13.2 Å². The Bertz CT molecular complexity index is 894. The van der Waals surface area contributed by atoms with Gasteiger partial charge in [0.25, 0.3) is 0 Å². The highest BCUT2D eigenvalue weighted by molar-refractivity contribution is 6.02. The number of carbonyl (C=O) groups is 5. The zero-order chi connectivity index (χ0) is 25.8. The molecule has 194 valence electrons. The number of alkyl carbamates (subject to hydrolysis) is 1. The zero-order valence-electron chi connectivity index (χ0n) is 21.1. The van der Waals surface area contributed by atoms with Crippen LogP contribution in [0.2, 0.25) is 0 Å². The van der Waals surface area contributed by atoms with Crippen LogP contribution in [0.25, 0.3) is 0 Å². The Hall–Kier alpha value is -2.91. The first kappa shape index (κ1) is 26.7. The molecule has 0 spiro atoms. The highest BCUT2D eigenvalue weighted by atomic mass is 16.6. The van der Waals surface area contributed by atoms with E-state index in [1.807, 2.05) is 12.2 Å². The molecule has 2 aliphatic heterocycles. The molecule has 0 bridgehead atoms. The summed E-state index contributed by atoms with van der Waals surface area (Å²) in [5, 5.41) is 5.43. The molecule has 2 N–H and O–H groups in total. The van der Waals surface area contributed by atoms with Crippen LogP contribution in [-0.4, -0.2) is 70.9 Å². The first-order chi connectivity index (χ1) is 16.5. The van der Waals surface area contributed by atoms with Gasteiger partial charge in [0.15, 0.2) is 5.78 Å². The van der Waals surface area contributed by atoms with E-state index in [1.165, 1.54) is 4.90 Å². The van der Waals surface area contributed by atoms with Gasteiger partial charge in [-0.15, -0.1) is 0 Å². The van der Waals surface area contributed by atoms with Crippen molar-refractivity contribution >= 4 is 29.7 Å². The molecule has 2 fully saturated rings. The summed E-state index contributed by atoms with van der Waals surface area (Å²) in [5.74, 6) is -2.04. The molecule has 1 saturated carbocycles. The van der Waals surface area contributed by atoms with Gasteiger partial charge in [0.1, 0.15) is 23.2 Å². The Labute approximate surface area is 206 Å². The standard InChI is InChI=1S/C25H37N3O7/c1-5-34-22(32)25-14-16(25)11-9-7-6-8-10-12-18(26-23(33)35-24(2,3)4)21(31)28-15-17(29)13-19(28)20(30)27-25/h9,11,16,18-19H,5-8,10,12-15H2,1-4H3,(H,26,33)(H,27,30). The smallest absolute Gasteiger partial charge is 0.408 e. The first-order valence-corrected chi connectivity index (χ1v) is 12.4. The number of nitrogens with zero attached hydrogens (tertiary/aromatic N) is 1. The van der Waals surface area contributed by atoms with Crippen LogP contribution in [0.5, 0.6) is 0 Å². The van der Waals surface area contributed by atoms with Gasteiger partial charge in [-0.2, -0.15) is 0 Å². The fourth-order valence-corrected chi connectivity index (χ4v) is 4.62. The number of ketones is 1. The van der Waals surface area contributed by atoms with Gasteiger partial charge in [-0.3, -0.25) is 14.4 Å². The number of hydrogen-bond acceptors (Lipinski definition) is 7. The van der Waals surface area contributed by atoms with E-state index in [2.05, 4.69) is 10.6 Å². The minimum atomic E-state index is -1.18. The van der Waals surface area contributed by atoms with Gasteiger partial charge in [-0.1, -0.05) is 25.0 Å². The normalized spacial score (nSPS) is 29.8. The number of Topliss-reactive ketones (excluding diaryl/α,β-unsaturated/α-hetero) is 1. The maximum atomic E-state index is 13.5. The van der Waals surface area contributed by atoms with Crippen molar-refractivity contribution < 1.29 is 33.4 Å². The van der Waals surface area contributed by atoms with Crippen LogP contribution in [-0.2, 0) is 28.7 Å². The largest absolute Gasteiger partial charge is 0.464 e. The molecule has 1 saturated heterocycles. The molecule has 35 heavy (non-hydrogen) atoms. The van der Waals surface area contributed by atoms with Gasteiger partial charge < -0.3 is 25.0 Å². The Morgan fingerprint density at radius 3 is 2.63 bits per heavy atom. The Kier molecular flexibility index (Phi) is 8.22. The molecule has 3 aliphatic rings. The van der Waals surface area contributed by atoms with Crippen molar-refractivity contribution in [2.24, 2.45) is 5.92 Å². The number of nitrogens with one attached hydrogen (secondary N) is 2. The lowest BCUT2D eigenvalue weighted by molar-refractivity contribution is -0.150. The van der Waals surface area contributed by atoms with Crippen LogP contribution < -0.4 is 10.6 Å². The lowest BCUT2D eigenvalue weighted by atomic mass is 10.0. The zero-order valence-corrected chi connectivity index (χ0v) is 21.1. The molecule has 2 heterocycles. The van der Waals surface area contributed by atoms with E-state index in [-0.39, 0.29) is 31.3 Å². The number of amides is 3. The number of carbonyl (C=O) groups excluding carboxylic acids is 5. The average Bonchev–Trinajstić information content (AvgIpc) is 3.30. The van der Waals surface area contributed by atoms with Crippen LogP contribution in [0.4, 0.5) is 4.79 Å². The summed E-state index contributed by atoms with van der Waals surface area (Å²) in [6.45, 7) is 6.83. The van der Waals surface area contributed by atoms with Gasteiger partial charge in [-0.25, -0.2) is 9.59 Å². The van der Waals surface area contributed by atoms with Crippen molar-refractivity contribution in [3.63, 3.8) is 0 Å². The molecule has 0 aromatic rings. The summed E-state index contributed by atoms with van der Waals surface area (Å²) >= 11 is 0. The summed E-state index contributed by atoms with van der Waals surface area (Å²) in [6.07, 6.45) is 7.01. The molecule has 4 atom stereocenters. The molecule has 10 nitrogen and oxygen atoms in total. The van der Waals surface area contributed by atoms with E-state index in [9.17, 15) is 24.0 Å². The highest BCUT2D eigenvalue weighted by Crippen LogP contribution is 2.46. The van der Waals surface area contributed by atoms with Crippen LogP contribution in [0.1, 0.15) is 72.6 Å². The summed E-state index contributed by atoms with van der Waals surface area (Å²) in [7, 11) is 0. The second-order valence-electron chi connectivity index (χ2n) is 10.5. The van der Waals surface area contributed by atoms with Gasteiger partial charge >= 0.3 is 12.1 Å². The first-order valence-electron chi connectivity index (χ1n) is 12.4. The second-order valence-corrected chi connectivity index (χ2v) is 10.5. The third-order valence-corrected chi connectivity index (χ3v) is 6.45. The van der Waals surface area contributed by atoms with Crippen molar-refractivity contribution in [3.8, 4) is 0 Å².